The molecule has 0 spiro atoms. The van der Waals surface area contributed by atoms with Gasteiger partial charge in [0, 0.05) is 0 Å². The molecule has 1 amide bonds. The van der Waals surface area contributed by atoms with Crippen molar-refractivity contribution in [2.45, 2.75) is 46.4 Å². The van der Waals surface area contributed by atoms with Crippen LogP contribution in [0, 0.1) is 12.3 Å². The molecule has 0 saturated carbocycles. The second kappa shape index (κ2) is 7.82. The molecule has 1 atom stereocenters. The summed E-state index contributed by atoms with van der Waals surface area (Å²) in [6, 6.07) is 14.8. The first kappa shape index (κ1) is 19.0. The van der Waals surface area contributed by atoms with Crippen LogP contribution in [0.5, 0.6) is 5.75 Å². The SMILES string of the molecule is CCC1(CC)C(=O)N[C@@H]1Oc1ccc(C(=O)OCc2ccccc2)c(C)c1. The van der Waals surface area contributed by atoms with E-state index in [1.54, 1.807) is 18.2 Å². The molecule has 1 N–H and O–H groups in total. The number of esters is 1. The number of carbonyl (C=O) groups is 2. The quantitative estimate of drug-likeness (QED) is 0.594. The van der Waals surface area contributed by atoms with Gasteiger partial charge in [0.25, 0.3) is 0 Å². The lowest BCUT2D eigenvalue weighted by Gasteiger charge is -2.47. The van der Waals surface area contributed by atoms with E-state index in [0.29, 0.717) is 11.3 Å². The fourth-order valence-corrected chi connectivity index (χ4v) is 3.40. The molecule has 5 heteroatoms. The van der Waals surface area contributed by atoms with Crippen molar-refractivity contribution in [3.05, 3.63) is 65.2 Å². The molecule has 5 nitrogen and oxygen atoms in total. The Morgan fingerprint density at radius 3 is 2.41 bits per heavy atom. The van der Waals surface area contributed by atoms with Crippen LogP contribution >= 0.6 is 0 Å². The first-order valence-electron chi connectivity index (χ1n) is 9.29. The number of hydrogen-bond donors (Lipinski definition) is 1. The first-order valence-corrected chi connectivity index (χ1v) is 9.29. The van der Waals surface area contributed by atoms with E-state index in [-0.39, 0.29) is 24.7 Å². The zero-order valence-electron chi connectivity index (χ0n) is 16.0. The lowest BCUT2D eigenvalue weighted by atomic mass is 9.73. The fraction of sp³-hybridized carbons (Fsp3) is 0.364. The summed E-state index contributed by atoms with van der Waals surface area (Å²) in [5.41, 5.74) is 1.75. The molecule has 0 aliphatic carbocycles. The van der Waals surface area contributed by atoms with Gasteiger partial charge in [0.15, 0.2) is 6.23 Å². The summed E-state index contributed by atoms with van der Waals surface area (Å²) in [4.78, 5) is 24.3. The summed E-state index contributed by atoms with van der Waals surface area (Å²) in [5.74, 6) is 0.301. The minimum atomic E-state index is -0.471. The van der Waals surface area contributed by atoms with Crippen molar-refractivity contribution in [3.63, 3.8) is 0 Å². The summed E-state index contributed by atoms with van der Waals surface area (Å²) < 4.78 is 11.4. The minimum Gasteiger partial charge on any atom is -0.469 e. The number of nitrogens with one attached hydrogen (secondary N) is 1. The molecular weight excluding hydrogens is 342 g/mol. The van der Waals surface area contributed by atoms with E-state index in [0.717, 1.165) is 24.0 Å². The van der Waals surface area contributed by atoms with Crippen LogP contribution < -0.4 is 10.1 Å². The molecule has 27 heavy (non-hydrogen) atoms. The highest BCUT2D eigenvalue weighted by Crippen LogP contribution is 2.39. The number of β-lactam (4-membered cyclic amide) rings is 1. The zero-order chi connectivity index (χ0) is 19.4. The van der Waals surface area contributed by atoms with Gasteiger partial charge >= 0.3 is 5.97 Å². The zero-order valence-corrected chi connectivity index (χ0v) is 16.0. The Morgan fingerprint density at radius 2 is 1.81 bits per heavy atom. The van der Waals surface area contributed by atoms with Gasteiger partial charge in [-0.2, -0.15) is 0 Å². The minimum absolute atomic E-state index is 0.0373. The van der Waals surface area contributed by atoms with Crippen LogP contribution in [0.2, 0.25) is 0 Å². The third kappa shape index (κ3) is 3.68. The van der Waals surface area contributed by atoms with Crippen molar-refractivity contribution in [2.75, 3.05) is 0 Å². The van der Waals surface area contributed by atoms with Gasteiger partial charge in [-0.1, -0.05) is 44.2 Å². The highest BCUT2D eigenvalue weighted by Gasteiger charge is 2.54. The van der Waals surface area contributed by atoms with Gasteiger partial charge in [0.1, 0.15) is 17.8 Å². The van der Waals surface area contributed by atoms with Crippen LogP contribution in [0.3, 0.4) is 0 Å². The third-order valence-electron chi connectivity index (χ3n) is 5.36. The Kier molecular flexibility index (Phi) is 5.49. The van der Waals surface area contributed by atoms with Crippen molar-refractivity contribution in [1.29, 1.82) is 0 Å². The second-order valence-corrected chi connectivity index (χ2v) is 6.87. The number of rotatable bonds is 7. The molecule has 1 aliphatic rings. The van der Waals surface area contributed by atoms with Gasteiger partial charge < -0.3 is 14.8 Å². The Balaban J connectivity index is 1.65. The predicted molar refractivity (Wildman–Crippen MR) is 102 cm³/mol. The number of benzene rings is 2. The maximum absolute atomic E-state index is 12.4. The summed E-state index contributed by atoms with van der Waals surface area (Å²) in [6.07, 6.45) is 1.11. The molecule has 0 bridgehead atoms. The van der Waals surface area contributed by atoms with Crippen molar-refractivity contribution in [3.8, 4) is 5.75 Å². The van der Waals surface area contributed by atoms with Crippen LogP contribution in [-0.2, 0) is 16.1 Å². The molecule has 0 aromatic heterocycles. The largest absolute Gasteiger partial charge is 0.469 e. The van der Waals surface area contributed by atoms with Gasteiger partial charge in [-0.15, -0.1) is 0 Å². The number of hydrogen-bond acceptors (Lipinski definition) is 4. The molecule has 2 aromatic rings. The van der Waals surface area contributed by atoms with Gasteiger partial charge in [-0.25, -0.2) is 4.79 Å². The third-order valence-corrected chi connectivity index (χ3v) is 5.36. The molecule has 1 fully saturated rings. The van der Waals surface area contributed by atoms with E-state index < -0.39 is 5.41 Å². The molecule has 3 rings (SSSR count). The van der Waals surface area contributed by atoms with Crippen LogP contribution in [0.1, 0.15) is 48.2 Å². The van der Waals surface area contributed by atoms with Crippen molar-refractivity contribution < 1.29 is 19.1 Å². The second-order valence-electron chi connectivity index (χ2n) is 6.87. The Hall–Kier alpha value is -2.82. The molecule has 0 unspecified atom stereocenters. The van der Waals surface area contributed by atoms with Crippen molar-refractivity contribution in [1.82, 2.24) is 5.32 Å². The number of carbonyl (C=O) groups excluding carboxylic acids is 2. The lowest BCUT2D eigenvalue weighted by Crippen LogP contribution is -2.69. The van der Waals surface area contributed by atoms with E-state index >= 15 is 0 Å². The van der Waals surface area contributed by atoms with Crippen molar-refractivity contribution >= 4 is 11.9 Å². The molecule has 1 aliphatic heterocycles. The summed E-state index contributed by atoms with van der Waals surface area (Å²) in [6.45, 7) is 6.07. The van der Waals surface area contributed by atoms with E-state index in [4.69, 9.17) is 9.47 Å². The molecule has 1 heterocycles. The molecular formula is C22H25NO4. The van der Waals surface area contributed by atoms with E-state index in [9.17, 15) is 9.59 Å². The normalized spacial score (nSPS) is 17.6. The van der Waals surface area contributed by atoms with E-state index in [1.165, 1.54) is 0 Å². The average molecular weight is 367 g/mol. The van der Waals surface area contributed by atoms with E-state index in [1.807, 2.05) is 51.1 Å². The Bertz CT molecular complexity index is 827. The predicted octanol–water partition coefficient (Wildman–Crippen LogP) is 3.99. The standard InChI is InChI=1S/C22H25NO4/c1-4-22(5-2)20(25)23-21(22)27-17-11-12-18(15(3)13-17)19(24)26-14-16-9-7-6-8-10-16/h6-13,21H,4-5,14H2,1-3H3,(H,23,25)/t21-/m1/s1. The first-order chi connectivity index (χ1) is 13.0. The fourth-order valence-electron chi connectivity index (χ4n) is 3.40. The van der Waals surface area contributed by atoms with Crippen LogP contribution in [-0.4, -0.2) is 18.1 Å². The number of amides is 1. The maximum Gasteiger partial charge on any atom is 0.338 e. The average Bonchev–Trinajstić information content (AvgIpc) is 2.68. The Morgan fingerprint density at radius 1 is 1.11 bits per heavy atom. The maximum atomic E-state index is 12.4. The van der Waals surface area contributed by atoms with Gasteiger partial charge in [-0.05, 0) is 49.1 Å². The molecule has 1 saturated heterocycles. The number of ether oxygens (including phenoxy) is 2. The van der Waals surface area contributed by atoms with Gasteiger partial charge in [0.05, 0.1) is 5.56 Å². The Labute approximate surface area is 159 Å². The summed E-state index contributed by atoms with van der Waals surface area (Å²) in [5, 5.41) is 2.83. The lowest BCUT2D eigenvalue weighted by molar-refractivity contribution is -0.161. The summed E-state index contributed by atoms with van der Waals surface area (Å²) >= 11 is 0. The molecule has 0 radical (unpaired) electrons. The molecule has 2 aromatic carbocycles. The number of aryl methyl sites for hydroxylation is 1. The smallest absolute Gasteiger partial charge is 0.338 e. The topological polar surface area (TPSA) is 64.6 Å². The van der Waals surface area contributed by atoms with Crippen LogP contribution in [0.4, 0.5) is 0 Å². The summed E-state index contributed by atoms with van der Waals surface area (Å²) in [7, 11) is 0. The van der Waals surface area contributed by atoms with Crippen molar-refractivity contribution in [2.24, 2.45) is 5.41 Å². The van der Waals surface area contributed by atoms with Crippen LogP contribution in [0.15, 0.2) is 48.5 Å². The van der Waals surface area contributed by atoms with Crippen LogP contribution in [0.25, 0.3) is 0 Å². The highest BCUT2D eigenvalue weighted by molar-refractivity contribution is 5.91. The monoisotopic (exact) mass is 367 g/mol. The van der Waals surface area contributed by atoms with Gasteiger partial charge in [0.2, 0.25) is 5.91 Å². The van der Waals surface area contributed by atoms with E-state index in [2.05, 4.69) is 5.32 Å². The molecule has 142 valence electrons. The highest BCUT2D eigenvalue weighted by atomic mass is 16.5. The van der Waals surface area contributed by atoms with Gasteiger partial charge in [-0.3, -0.25) is 4.79 Å².